The van der Waals surface area contributed by atoms with Crippen LogP contribution in [0.2, 0.25) is 0 Å². The van der Waals surface area contributed by atoms with Gasteiger partial charge in [0.1, 0.15) is 17.0 Å². The smallest absolute Gasteiger partial charge is 0.360 e. The van der Waals surface area contributed by atoms with Crippen LogP contribution in [0.3, 0.4) is 0 Å². The number of hydrogen-bond donors (Lipinski definition) is 6. The van der Waals surface area contributed by atoms with Crippen LogP contribution in [0, 0.1) is 18.7 Å². The van der Waals surface area contributed by atoms with Crippen molar-refractivity contribution in [2.75, 3.05) is 36.5 Å². The monoisotopic (exact) mass is 694 g/mol. The Hall–Kier alpha value is -3.72. The van der Waals surface area contributed by atoms with E-state index in [-0.39, 0.29) is 47.7 Å². The molecule has 1 aromatic carbocycles. The Morgan fingerprint density at radius 1 is 1.12 bits per heavy atom. The number of carbonyl (C=O) groups is 1. The molecule has 3 aromatic rings. The number of amides is 1. The first-order valence-electron chi connectivity index (χ1n) is 18.2. The Bertz CT molecular complexity index is 1770. The minimum atomic E-state index is -3.26. The number of hydrazine groups is 1. The number of carbonyl (C=O) groups excluding carboxylic acids is 1. The van der Waals surface area contributed by atoms with E-state index in [0.717, 1.165) is 48.1 Å². The van der Waals surface area contributed by atoms with Gasteiger partial charge < -0.3 is 35.9 Å². The van der Waals surface area contributed by atoms with Gasteiger partial charge in [0, 0.05) is 49.4 Å². The number of nitrogens with zero attached hydrogens (tertiary/aromatic N) is 4. The number of piperidine rings is 1. The summed E-state index contributed by atoms with van der Waals surface area (Å²) in [6.45, 7) is 8.47. The molecule has 1 aliphatic carbocycles. The maximum absolute atomic E-state index is 17.2. The molecule has 6 N–H and O–H groups in total. The number of fused-ring (bicyclic) bond motifs is 5. The van der Waals surface area contributed by atoms with Gasteiger partial charge in [-0.05, 0) is 100 Å². The fraction of sp³-hybridized carbons (Fsp3) is 0.611. The number of pyridine rings is 1. The van der Waals surface area contributed by atoms with Gasteiger partial charge >= 0.3 is 12.0 Å². The minimum absolute atomic E-state index is 0.000194. The van der Waals surface area contributed by atoms with Gasteiger partial charge in [0.15, 0.2) is 5.82 Å². The van der Waals surface area contributed by atoms with E-state index in [2.05, 4.69) is 37.5 Å². The number of ether oxygens (including phenoxy) is 1. The third kappa shape index (κ3) is 6.35. The van der Waals surface area contributed by atoms with Gasteiger partial charge in [-0.2, -0.15) is 9.97 Å². The van der Waals surface area contributed by atoms with E-state index in [4.69, 9.17) is 9.72 Å². The Morgan fingerprint density at radius 2 is 1.90 bits per heavy atom. The van der Waals surface area contributed by atoms with E-state index in [0.29, 0.717) is 68.9 Å². The Labute approximate surface area is 290 Å². The molecule has 270 valence electrons. The normalized spacial score (nSPS) is 24.5. The number of aliphatic hydroxyl groups is 2. The molecule has 6 aliphatic rings. The first kappa shape index (κ1) is 34.7. The second kappa shape index (κ2) is 13.8. The zero-order valence-electron chi connectivity index (χ0n) is 29.0. The summed E-state index contributed by atoms with van der Waals surface area (Å²) in [5.41, 5.74) is 8.28. The summed E-state index contributed by atoms with van der Waals surface area (Å²) in [6.07, 6.45) is 5.53. The van der Waals surface area contributed by atoms with E-state index < -0.39 is 23.5 Å². The van der Waals surface area contributed by atoms with Gasteiger partial charge in [-0.25, -0.2) is 14.2 Å². The van der Waals surface area contributed by atoms with E-state index in [9.17, 15) is 15.0 Å². The first-order valence-corrected chi connectivity index (χ1v) is 18.2. The van der Waals surface area contributed by atoms with Crippen molar-refractivity contribution in [1.82, 2.24) is 31.0 Å². The van der Waals surface area contributed by atoms with Crippen molar-refractivity contribution in [2.45, 2.75) is 109 Å². The molecule has 3 atom stereocenters. The molecule has 2 saturated heterocycles. The first-order chi connectivity index (χ1) is 24.1. The van der Waals surface area contributed by atoms with Gasteiger partial charge in [0.05, 0.1) is 11.1 Å². The van der Waals surface area contributed by atoms with Gasteiger partial charge in [0.2, 0.25) is 11.6 Å². The van der Waals surface area contributed by atoms with Crippen molar-refractivity contribution < 1.29 is 28.5 Å². The number of rotatable bonds is 3. The second-order valence-corrected chi connectivity index (χ2v) is 14.1. The number of aryl methyl sites for hydroxylation is 1. The summed E-state index contributed by atoms with van der Waals surface area (Å²) < 4.78 is 39.0. The lowest BCUT2D eigenvalue weighted by Gasteiger charge is -2.37. The van der Waals surface area contributed by atoms with Crippen LogP contribution in [0.15, 0.2) is 12.3 Å². The maximum Gasteiger partial charge on any atom is 0.360 e. The SMILES string of the molecule is CC.Cc1cc2c(c3c1C1CC1CCC(=O)NC1CCCN(C1)c1nc(OC(O)(O)C4(F)CCCNCCC4)nc4c(F)c-3ncc14)CNN2. The Morgan fingerprint density at radius 3 is 2.68 bits per heavy atom. The van der Waals surface area contributed by atoms with Crippen LogP contribution in [-0.4, -0.2) is 74.9 Å². The lowest BCUT2D eigenvalue weighted by atomic mass is 9.88. The minimum Gasteiger partial charge on any atom is -0.403 e. The number of aromatic nitrogens is 3. The molecule has 0 radical (unpaired) electrons. The zero-order valence-corrected chi connectivity index (χ0v) is 29.0. The van der Waals surface area contributed by atoms with Crippen molar-refractivity contribution in [3.05, 3.63) is 34.8 Å². The van der Waals surface area contributed by atoms with Crippen molar-refractivity contribution in [2.24, 2.45) is 5.92 Å². The molecule has 2 aromatic heterocycles. The van der Waals surface area contributed by atoms with Crippen molar-refractivity contribution in [1.29, 1.82) is 0 Å². The molecule has 9 rings (SSSR count). The molecule has 7 heterocycles. The molecule has 50 heavy (non-hydrogen) atoms. The van der Waals surface area contributed by atoms with Crippen LogP contribution < -0.4 is 31.1 Å². The molecule has 1 amide bonds. The van der Waals surface area contributed by atoms with E-state index in [1.54, 1.807) is 6.20 Å². The molecular formula is C36H48F2N8O4. The Kier molecular flexibility index (Phi) is 9.56. The highest BCUT2D eigenvalue weighted by Crippen LogP contribution is 2.55. The summed E-state index contributed by atoms with van der Waals surface area (Å²) in [5.74, 6) is -3.25. The topological polar surface area (TPSA) is 157 Å². The molecule has 1 saturated carbocycles. The van der Waals surface area contributed by atoms with Crippen LogP contribution in [0.1, 0.15) is 94.2 Å². The molecule has 3 unspecified atom stereocenters. The van der Waals surface area contributed by atoms with Crippen LogP contribution in [-0.2, 0) is 11.3 Å². The highest BCUT2D eigenvalue weighted by Gasteiger charge is 2.53. The number of benzene rings is 1. The lowest BCUT2D eigenvalue weighted by Crippen LogP contribution is -2.56. The fourth-order valence-corrected chi connectivity index (χ4v) is 8.24. The molecule has 6 bridgehead atoms. The number of hydrogen-bond acceptors (Lipinski definition) is 11. The molecule has 3 fully saturated rings. The maximum atomic E-state index is 17.2. The molecule has 5 aliphatic heterocycles. The number of halogens is 2. The van der Waals surface area contributed by atoms with Crippen molar-refractivity contribution in [3.8, 4) is 17.3 Å². The summed E-state index contributed by atoms with van der Waals surface area (Å²) in [7, 11) is 0. The van der Waals surface area contributed by atoms with Gasteiger partial charge in [-0.15, -0.1) is 0 Å². The quantitative estimate of drug-likeness (QED) is 0.215. The number of nitrogens with one attached hydrogen (secondary N) is 4. The van der Waals surface area contributed by atoms with Gasteiger partial charge in [0.25, 0.3) is 0 Å². The van der Waals surface area contributed by atoms with Crippen LogP contribution in [0.4, 0.5) is 20.3 Å². The second-order valence-electron chi connectivity index (χ2n) is 14.1. The number of alkyl halides is 1. The average molecular weight is 695 g/mol. The molecule has 12 nitrogen and oxygen atoms in total. The third-order valence-corrected chi connectivity index (χ3v) is 10.8. The van der Waals surface area contributed by atoms with Crippen molar-refractivity contribution >= 4 is 28.3 Å². The van der Waals surface area contributed by atoms with E-state index >= 15 is 8.78 Å². The summed E-state index contributed by atoms with van der Waals surface area (Å²) in [4.78, 5) is 28.7. The Balaban J connectivity index is 0.00000193. The van der Waals surface area contributed by atoms with Crippen LogP contribution >= 0.6 is 0 Å². The van der Waals surface area contributed by atoms with Crippen LogP contribution in [0.5, 0.6) is 6.01 Å². The van der Waals surface area contributed by atoms with E-state index in [1.807, 2.05) is 25.7 Å². The summed E-state index contributed by atoms with van der Waals surface area (Å²) in [6, 6.07) is 1.34. The zero-order chi connectivity index (χ0) is 35.2. The predicted molar refractivity (Wildman–Crippen MR) is 186 cm³/mol. The lowest BCUT2D eigenvalue weighted by molar-refractivity contribution is -0.362. The van der Waals surface area contributed by atoms with E-state index in [1.165, 1.54) is 0 Å². The highest BCUT2D eigenvalue weighted by atomic mass is 19.1. The number of anilines is 2. The third-order valence-electron chi connectivity index (χ3n) is 10.8. The van der Waals surface area contributed by atoms with Gasteiger partial charge in [-0.3, -0.25) is 9.78 Å². The largest absolute Gasteiger partial charge is 0.403 e. The van der Waals surface area contributed by atoms with Crippen LogP contribution in [0.25, 0.3) is 22.2 Å². The average Bonchev–Trinajstić information content (AvgIpc) is 3.70. The summed E-state index contributed by atoms with van der Waals surface area (Å²) >= 11 is 0. The molecule has 0 spiro atoms. The standard InChI is InChI=1S/C34H42F2N8O4.C2H6/c1-18-13-24-22(16-39-43-24)27-26(18)21-14-19(21)6-7-25(45)40-20-5-2-12-44(17-20)31-23-15-38-30(27)28(35)29(23)41-32(42-31)48-34(46,47)33(36)8-3-10-37-11-4-9-33;1-2/h13,15,19-21,37,39,43,46-47H,2-12,14,16-17H2,1H3,(H,40,45);1-2H3. The predicted octanol–water partition coefficient (Wildman–Crippen LogP) is 4.47. The fourth-order valence-electron chi connectivity index (χ4n) is 8.24. The highest BCUT2D eigenvalue weighted by molar-refractivity contribution is 5.93. The molecular weight excluding hydrogens is 646 g/mol. The summed E-state index contributed by atoms with van der Waals surface area (Å²) in [5, 5.41) is 28.9. The molecule has 14 heteroatoms. The van der Waals surface area contributed by atoms with Crippen molar-refractivity contribution in [3.63, 3.8) is 0 Å². The van der Waals surface area contributed by atoms with Gasteiger partial charge in [-0.1, -0.05) is 13.8 Å².